The fourth-order valence-electron chi connectivity index (χ4n) is 2.33. The molecule has 1 rings (SSSR count). The number of carboxylic acids is 1. The van der Waals surface area contributed by atoms with Crippen LogP contribution < -0.4 is 5.73 Å². The van der Waals surface area contributed by atoms with Crippen LogP contribution >= 0.6 is 0 Å². The summed E-state index contributed by atoms with van der Waals surface area (Å²) in [6, 6.07) is -0.953. The number of carbonyl (C=O) groups is 2. The second-order valence-electron chi connectivity index (χ2n) is 4.17. The minimum atomic E-state index is -1.04. The van der Waals surface area contributed by atoms with E-state index >= 15 is 0 Å². The van der Waals surface area contributed by atoms with Crippen LogP contribution in [0.1, 0.15) is 26.7 Å². The smallest absolute Gasteiger partial charge is 0.320 e. The van der Waals surface area contributed by atoms with Crippen molar-refractivity contribution in [2.24, 2.45) is 23.5 Å². The lowest BCUT2D eigenvalue weighted by molar-refractivity contribution is -0.145. The molecule has 0 bridgehead atoms. The molecule has 3 N–H and O–H groups in total. The summed E-state index contributed by atoms with van der Waals surface area (Å²) in [6.45, 7) is 4.06. The third-order valence-corrected chi connectivity index (χ3v) is 3.11. The lowest BCUT2D eigenvalue weighted by Crippen LogP contribution is -2.34. The molecule has 0 saturated heterocycles. The van der Waals surface area contributed by atoms with Crippen LogP contribution in [0, 0.1) is 17.8 Å². The fraction of sp³-hybridized carbons (Fsp3) is 0.818. The third kappa shape index (κ3) is 2.52. The molecule has 0 heterocycles. The summed E-state index contributed by atoms with van der Waals surface area (Å²) >= 11 is 0. The topological polar surface area (TPSA) is 89.6 Å². The molecule has 1 fully saturated rings. The van der Waals surface area contributed by atoms with Crippen LogP contribution in [0.5, 0.6) is 0 Å². The second-order valence-corrected chi connectivity index (χ2v) is 4.17. The normalized spacial score (nSPS) is 29.6. The highest BCUT2D eigenvalue weighted by Gasteiger charge is 2.59. The Hall–Kier alpha value is -1.10. The molecule has 0 aromatic rings. The zero-order chi connectivity index (χ0) is 12.3. The quantitative estimate of drug-likeness (QED) is 0.652. The first-order valence-corrected chi connectivity index (χ1v) is 5.69. The molecule has 0 spiro atoms. The lowest BCUT2D eigenvalue weighted by atomic mass is 10.1. The van der Waals surface area contributed by atoms with Crippen LogP contribution in [-0.2, 0) is 14.3 Å². The molecule has 1 aliphatic rings. The summed E-state index contributed by atoms with van der Waals surface area (Å²) in [4.78, 5) is 22.3. The first-order valence-electron chi connectivity index (χ1n) is 5.69. The number of carbonyl (C=O) groups excluding carboxylic acids is 1. The number of ether oxygens (including phenoxy) is 1. The number of aliphatic carboxylic acids is 1. The van der Waals surface area contributed by atoms with Crippen molar-refractivity contribution < 1.29 is 19.4 Å². The van der Waals surface area contributed by atoms with Gasteiger partial charge in [-0.15, -0.1) is 0 Å². The van der Waals surface area contributed by atoms with E-state index in [1.807, 2.05) is 6.92 Å². The van der Waals surface area contributed by atoms with E-state index in [0.29, 0.717) is 6.61 Å². The molecule has 4 atom stereocenters. The van der Waals surface area contributed by atoms with E-state index in [2.05, 4.69) is 0 Å². The van der Waals surface area contributed by atoms with E-state index in [9.17, 15) is 9.59 Å². The number of nitrogens with two attached hydrogens (primary N) is 1. The monoisotopic (exact) mass is 229 g/mol. The highest BCUT2D eigenvalue weighted by molar-refractivity contribution is 5.81. The number of rotatable bonds is 6. The average Bonchev–Trinajstić information content (AvgIpc) is 2.92. The molecule has 0 amide bonds. The SMILES string of the molecule is CCC[C@@H]1[C@H](C(=O)OCC)[C@H]1[C@H](N)C(=O)O. The van der Waals surface area contributed by atoms with Gasteiger partial charge in [0.15, 0.2) is 0 Å². The van der Waals surface area contributed by atoms with Crippen LogP contribution in [0.3, 0.4) is 0 Å². The minimum absolute atomic E-state index is 0.0788. The molecule has 1 aliphatic carbocycles. The van der Waals surface area contributed by atoms with E-state index in [1.165, 1.54) is 0 Å². The maximum absolute atomic E-state index is 11.6. The van der Waals surface area contributed by atoms with Gasteiger partial charge in [-0.3, -0.25) is 9.59 Å². The molecule has 0 aromatic heterocycles. The van der Waals surface area contributed by atoms with Gasteiger partial charge < -0.3 is 15.6 Å². The lowest BCUT2D eigenvalue weighted by Gasteiger charge is -2.04. The van der Waals surface area contributed by atoms with Gasteiger partial charge in [-0.25, -0.2) is 0 Å². The van der Waals surface area contributed by atoms with Crippen LogP contribution in [-0.4, -0.2) is 29.7 Å². The van der Waals surface area contributed by atoms with Crippen molar-refractivity contribution >= 4 is 11.9 Å². The summed E-state index contributed by atoms with van der Waals surface area (Å²) in [6.07, 6.45) is 1.75. The van der Waals surface area contributed by atoms with Crippen LogP contribution in [0.25, 0.3) is 0 Å². The number of hydrogen-bond donors (Lipinski definition) is 2. The van der Waals surface area contributed by atoms with Gasteiger partial charge in [0.1, 0.15) is 6.04 Å². The molecular formula is C11H19NO4. The van der Waals surface area contributed by atoms with Gasteiger partial charge in [0.05, 0.1) is 12.5 Å². The summed E-state index contributed by atoms with van der Waals surface area (Å²) in [5, 5.41) is 8.83. The average molecular weight is 229 g/mol. The van der Waals surface area contributed by atoms with Crippen LogP contribution in [0.4, 0.5) is 0 Å². The molecular weight excluding hydrogens is 210 g/mol. The van der Waals surface area contributed by atoms with Crippen molar-refractivity contribution in [2.75, 3.05) is 6.61 Å². The third-order valence-electron chi connectivity index (χ3n) is 3.11. The van der Waals surface area contributed by atoms with Crippen molar-refractivity contribution in [1.82, 2.24) is 0 Å². The number of esters is 1. The molecule has 92 valence electrons. The van der Waals surface area contributed by atoms with Crippen LogP contribution in [0.2, 0.25) is 0 Å². The molecule has 0 aromatic carbocycles. The Balaban J connectivity index is 2.62. The Morgan fingerprint density at radius 2 is 2.06 bits per heavy atom. The molecule has 5 nitrogen and oxygen atoms in total. The van der Waals surface area contributed by atoms with E-state index < -0.39 is 12.0 Å². The van der Waals surface area contributed by atoms with Crippen LogP contribution in [0.15, 0.2) is 0 Å². The van der Waals surface area contributed by atoms with E-state index in [0.717, 1.165) is 12.8 Å². The Morgan fingerprint density at radius 1 is 1.44 bits per heavy atom. The van der Waals surface area contributed by atoms with E-state index in [-0.39, 0.29) is 23.7 Å². The second kappa shape index (κ2) is 5.30. The number of hydrogen-bond acceptors (Lipinski definition) is 4. The van der Waals surface area contributed by atoms with Gasteiger partial charge in [-0.05, 0) is 19.3 Å². The molecule has 5 heteroatoms. The van der Waals surface area contributed by atoms with Crippen molar-refractivity contribution in [3.63, 3.8) is 0 Å². The Morgan fingerprint density at radius 3 is 2.50 bits per heavy atom. The zero-order valence-electron chi connectivity index (χ0n) is 9.68. The van der Waals surface area contributed by atoms with Gasteiger partial charge >= 0.3 is 11.9 Å². The van der Waals surface area contributed by atoms with E-state index in [1.54, 1.807) is 6.92 Å². The first kappa shape index (κ1) is 13.0. The maximum Gasteiger partial charge on any atom is 0.320 e. The molecule has 16 heavy (non-hydrogen) atoms. The number of carboxylic acid groups (broad SMARTS) is 1. The summed E-state index contributed by atoms with van der Waals surface area (Å²) < 4.78 is 4.92. The minimum Gasteiger partial charge on any atom is -0.480 e. The van der Waals surface area contributed by atoms with Crippen molar-refractivity contribution in [1.29, 1.82) is 0 Å². The maximum atomic E-state index is 11.6. The molecule has 0 aliphatic heterocycles. The zero-order valence-corrected chi connectivity index (χ0v) is 9.68. The Kier molecular flexibility index (Phi) is 4.29. The highest BCUT2D eigenvalue weighted by atomic mass is 16.5. The predicted octanol–water partition coefficient (Wildman–Crippen LogP) is 0.624. The largest absolute Gasteiger partial charge is 0.480 e. The standard InChI is InChI=1S/C11H19NO4/c1-3-5-6-7(9(12)10(13)14)8(6)11(15)16-4-2/h6-9H,3-5,12H2,1-2H3,(H,13,14)/t6-,7-,8-,9-/m0/s1. The van der Waals surface area contributed by atoms with Gasteiger partial charge in [0.2, 0.25) is 0 Å². The summed E-state index contributed by atoms with van der Waals surface area (Å²) in [5.41, 5.74) is 5.56. The summed E-state index contributed by atoms with van der Waals surface area (Å²) in [7, 11) is 0. The molecule has 1 saturated carbocycles. The molecule has 0 unspecified atom stereocenters. The Labute approximate surface area is 95.0 Å². The molecule has 0 radical (unpaired) electrons. The van der Waals surface area contributed by atoms with Gasteiger partial charge in [-0.1, -0.05) is 13.3 Å². The van der Waals surface area contributed by atoms with Gasteiger partial charge in [0.25, 0.3) is 0 Å². The van der Waals surface area contributed by atoms with E-state index in [4.69, 9.17) is 15.6 Å². The Bertz CT molecular complexity index is 279. The van der Waals surface area contributed by atoms with Gasteiger partial charge in [-0.2, -0.15) is 0 Å². The van der Waals surface area contributed by atoms with Crippen molar-refractivity contribution in [2.45, 2.75) is 32.7 Å². The first-order chi connectivity index (χ1) is 7.54. The highest BCUT2D eigenvalue weighted by Crippen LogP contribution is 2.51. The van der Waals surface area contributed by atoms with Crippen molar-refractivity contribution in [3.05, 3.63) is 0 Å². The van der Waals surface area contributed by atoms with Crippen molar-refractivity contribution in [3.8, 4) is 0 Å². The summed E-state index contributed by atoms with van der Waals surface area (Å²) in [5.74, 6) is -1.83. The fourth-order valence-corrected chi connectivity index (χ4v) is 2.33. The van der Waals surface area contributed by atoms with Gasteiger partial charge in [0, 0.05) is 5.92 Å². The predicted molar refractivity (Wildman–Crippen MR) is 57.6 cm³/mol.